The van der Waals surface area contributed by atoms with Gasteiger partial charge in [0.05, 0.1) is 23.9 Å². The maximum atomic E-state index is 13.5. The summed E-state index contributed by atoms with van der Waals surface area (Å²) in [7, 11) is 1.48. The zero-order valence-corrected chi connectivity index (χ0v) is 18.2. The number of ether oxygens (including phenoxy) is 1. The highest BCUT2D eigenvalue weighted by molar-refractivity contribution is 6.10. The second-order valence-electron chi connectivity index (χ2n) is 7.93. The normalized spacial score (nSPS) is 19.0. The van der Waals surface area contributed by atoms with Crippen LogP contribution in [0.2, 0.25) is 0 Å². The molecule has 2 aromatic rings. The Morgan fingerprint density at radius 1 is 1.03 bits per heavy atom. The maximum absolute atomic E-state index is 13.5. The summed E-state index contributed by atoms with van der Waals surface area (Å²) >= 11 is 0. The van der Waals surface area contributed by atoms with E-state index in [2.05, 4.69) is 0 Å². The topological polar surface area (TPSA) is 127 Å². The number of ketones is 1. The van der Waals surface area contributed by atoms with Crippen LogP contribution in [-0.2, 0) is 9.59 Å². The number of imide groups is 1. The number of carbonyl (C=O) groups excluding carboxylic acids is 4. The number of fused-ring (bicyclic) bond motifs is 1. The van der Waals surface area contributed by atoms with Gasteiger partial charge in [-0.3, -0.25) is 29.3 Å². The molecule has 1 heterocycles. The van der Waals surface area contributed by atoms with Crippen molar-refractivity contribution in [2.24, 2.45) is 11.8 Å². The van der Waals surface area contributed by atoms with Crippen molar-refractivity contribution in [1.29, 1.82) is 0 Å². The van der Waals surface area contributed by atoms with Crippen LogP contribution >= 0.6 is 0 Å². The Balaban J connectivity index is 1.73. The van der Waals surface area contributed by atoms with Crippen LogP contribution < -0.4 is 4.74 Å². The van der Waals surface area contributed by atoms with E-state index in [9.17, 15) is 29.3 Å². The van der Waals surface area contributed by atoms with Gasteiger partial charge in [-0.05, 0) is 43.2 Å². The lowest BCUT2D eigenvalue weighted by Gasteiger charge is -2.30. The first-order valence-electron chi connectivity index (χ1n) is 10.6. The number of hydrogen-bond donors (Lipinski definition) is 0. The highest BCUT2D eigenvalue weighted by Crippen LogP contribution is 2.36. The molecule has 0 spiro atoms. The van der Waals surface area contributed by atoms with Crippen molar-refractivity contribution in [3.05, 3.63) is 81.9 Å². The third kappa shape index (κ3) is 4.05. The first-order valence-corrected chi connectivity index (χ1v) is 10.6. The van der Waals surface area contributed by atoms with Gasteiger partial charge in [0, 0.05) is 11.6 Å². The lowest BCUT2D eigenvalue weighted by atomic mass is 9.85. The van der Waals surface area contributed by atoms with Crippen molar-refractivity contribution in [3.8, 4) is 5.75 Å². The molecule has 1 aliphatic carbocycles. The van der Waals surface area contributed by atoms with Crippen LogP contribution in [-0.4, -0.2) is 52.1 Å². The van der Waals surface area contributed by atoms with Crippen LogP contribution in [0.5, 0.6) is 5.75 Å². The highest BCUT2D eigenvalue weighted by Gasteiger charge is 2.51. The minimum Gasteiger partial charge on any atom is -0.497 e. The molecule has 3 amide bonds. The molecule has 0 aromatic heterocycles. The van der Waals surface area contributed by atoms with Gasteiger partial charge in [0.2, 0.25) is 0 Å². The number of hydrogen-bond acceptors (Lipinski definition) is 7. The molecule has 1 fully saturated rings. The van der Waals surface area contributed by atoms with Crippen LogP contribution in [0.3, 0.4) is 0 Å². The maximum Gasteiger partial charge on any atom is 0.282 e. The fraction of sp³-hybridized carbons (Fsp3) is 0.250. The van der Waals surface area contributed by atoms with E-state index < -0.39 is 52.5 Å². The number of Topliss-reactive ketones (excluding diaryl/α,β-unsaturated/α-hetero) is 1. The largest absolute Gasteiger partial charge is 0.497 e. The number of benzene rings is 2. The van der Waals surface area contributed by atoms with E-state index in [1.807, 2.05) is 0 Å². The molecular formula is C24H21N3O7. The van der Waals surface area contributed by atoms with Crippen molar-refractivity contribution >= 4 is 29.2 Å². The highest BCUT2D eigenvalue weighted by atomic mass is 16.6. The minimum absolute atomic E-state index is 0.222. The van der Waals surface area contributed by atoms with E-state index in [0.717, 1.165) is 11.1 Å². The first kappa shape index (κ1) is 22.8. The molecule has 174 valence electrons. The van der Waals surface area contributed by atoms with E-state index in [-0.39, 0.29) is 11.1 Å². The molecule has 0 saturated carbocycles. The molecule has 0 radical (unpaired) electrons. The SMILES string of the molecule is COc1ccc(C(=O)CN(C(=O)c2ccccc2[N+](=O)[O-])N2C(=O)[C@@H]3CC=CC[C@H]3C2=O)cc1. The summed E-state index contributed by atoms with van der Waals surface area (Å²) in [5.74, 6) is -3.51. The first-order chi connectivity index (χ1) is 16.3. The minimum atomic E-state index is -0.984. The number of nitro groups is 1. The van der Waals surface area contributed by atoms with Gasteiger partial charge in [-0.25, -0.2) is 5.01 Å². The molecule has 10 nitrogen and oxygen atoms in total. The number of hydrazine groups is 1. The summed E-state index contributed by atoms with van der Waals surface area (Å²) in [6.45, 7) is -0.651. The van der Waals surface area contributed by atoms with Crippen molar-refractivity contribution in [2.45, 2.75) is 12.8 Å². The number of carbonyl (C=O) groups is 4. The van der Waals surface area contributed by atoms with E-state index in [0.29, 0.717) is 23.6 Å². The molecular weight excluding hydrogens is 442 g/mol. The molecule has 2 atom stereocenters. The summed E-state index contributed by atoms with van der Waals surface area (Å²) in [6, 6.07) is 11.3. The summed E-state index contributed by atoms with van der Waals surface area (Å²) < 4.78 is 5.08. The van der Waals surface area contributed by atoms with Crippen LogP contribution in [0.15, 0.2) is 60.7 Å². The van der Waals surface area contributed by atoms with Crippen molar-refractivity contribution in [1.82, 2.24) is 10.0 Å². The third-order valence-corrected chi connectivity index (χ3v) is 6.00. The molecule has 4 rings (SSSR count). The molecule has 10 heteroatoms. The Hall–Kier alpha value is -4.34. The smallest absolute Gasteiger partial charge is 0.282 e. The second-order valence-corrected chi connectivity index (χ2v) is 7.93. The monoisotopic (exact) mass is 463 g/mol. The zero-order valence-electron chi connectivity index (χ0n) is 18.2. The Morgan fingerprint density at radius 2 is 1.62 bits per heavy atom. The number of amides is 3. The molecule has 0 unspecified atom stereocenters. The summed E-state index contributed by atoms with van der Waals surface area (Å²) in [4.78, 5) is 63.7. The van der Waals surface area contributed by atoms with Gasteiger partial charge < -0.3 is 4.74 Å². The summed E-state index contributed by atoms with van der Waals surface area (Å²) in [5.41, 5.74) is -0.601. The van der Waals surface area contributed by atoms with Crippen LogP contribution in [0.4, 0.5) is 5.69 Å². The number of para-hydroxylation sites is 1. The molecule has 1 aliphatic heterocycles. The van der Waals surface area contributed by atoms with E-state index in [4.69, 9.17) is 4.74 Å². The second kappa shape index (κ2) is 9.26. The fourth-order valence-corrected chi connectivity index (χ4v) is 4.21. The lowest BCUT2D eigenvalue weighted by molar-refractivity contribution is -0.385. The predicted octanol–water partition coefficient (Wildman–Crippen LogP) is 2.79. The molecule has 34 heavy (non-hydrogen) atoms. The number of allylic oxidation sites excluding steroid dienone is 2. The number of methoxy groups -OCH3 is 1. The Kier molecular flexibility index (Phi) is 6.22. The quantitative estimate of drug-likeness (QED) is 0.203. The zero-order chi connectivity index (χ0) is 24.4. The van der Waals surface area contributed by atoms with Gasteiger partial charge in [0.1, 0.15) is 17.9 Å². The van der Waals surface area contributed by atoms with Gasteiger partial charge in [-0.1, -0.05) is 24.3 Å². The van der Waals surface area contributed by atoms with E-state index in [1.165, 1.54) is 37.4 Å². The van der Waals surface area contributed by atoms with Gasteiger partial charge in [0.25, 0.3) is 23.4 Å². The molecule has 0 N–H and O–H groups in total. The van der Waals surface area contributed by atoms with Gasteiger partial charge in [0.15, 0.2) is 5.78 Å². The standard InChI is InChI=1S/C24H21N3O7/c1-34-16-12-10-15(11-13-16)21(28)14-25(22(29)19-8-4-5-9-20(19)27(32)33)26-23(30)17-6-2-3-7-18(17)24(26)31/h2-5,8-13,17-18H,6-7,14H2,1H3/t17-,18-/m1/s1. The average molecular weight is 463 g/mol. The number of nitrogens with zero attached hydrogens (tertiary/aromatic N) is 3. The summed E-state index contributed by atoms with van der Waals surface area (Å²) in [6.07, 6.45) is 4.27. The Bertz CT molecular complexity index is 1180. The van der Waals surface area contributed by atoms with Crippen molar-refractivity contribution < 1.29 is 28.8 Å². The fourth-order valence-electron chi connectivity index (χ4n) is 4.21. The van der Waals surface area contributed by atoms with Crippen LogP contribution in [0.1, 0.15) is 33.6 Å². The average Bonchev–Trinajstić information content (AvgIpc) is 3.12. The Labute approximate surface area is 194 Å². The lowest BCUT2D eigenvalue weighted by Crippen LogP contribution is -2.52. The molecule has 0 bridgehead atoms. The molecule has 2 aromatic carbocycles. The van der Waals surface area contributed by atoms with Gasteiger partial charge in [-0.2, -0.15) is 5.01 Å². The van der Waals surface area contributed by atoms with Crippen molar-refractivity contribution in [2.75, 3.05) is 13.7 Å². The van der Waals surface area contributed by atoms with Crippen molar-refractivity contribution in [3.63, 3.8) is 0 Å². The van der Waals surface area contributed by atoms with Crippen LogP contribution in [0.25, 0.3) is 0 Å². The third-order valence-electron chi connectivity index (χ3n) is 6.00. The predicted molar refractivity (Wildman–Crippen MR) is 119 cm³/mol. The summed E-state index contributed by atoms with van der Waals surface area (Å²) in [5, 5.41) is 12.9. The van der Waals surface area contributed by atoms with Crippen LogP contribution in [0, 0.1) is 22.0 Å². The van der Waals surface area contributed by atoms with E-state index >= 15 is 0 Å². The van der Waals surface area contributed by atoms with E-state index in [1.54, 1.807) is 24.3 Å². The molecule has 2 aliphatic rings. The Morgan fingerprint density at radius 3 is 2.18 bits per heavy atom. The molecule has 1 saturated heterocycles. The van der Waals surface area contributed by atoms with Gasteiger partial charge >= 0.3 is 0 Å². The van der Waals surface area contributed by atoms with Gasteiger partial charge in [-0.15, -0.1) is 0 Å². The number of nitro benzene ring substituents is 1. The number of rotatable bonds is 7.